The Balaban J connectivity index is 0.00000108. The standard InChI is InChI=1S/C11H16N4O.ClH/c16-11(14-4-1-2-5-14)10-7-9-8-12-3-6-15(9)13-10;/h7,12H,1-6,8H2;1H. The van der Waals surface area contributed by atoms with E-state index < -0.39 is 0 Å². The maximum atomic E-state index is 12.1. The number of carbonyl (C=O) groups is 1. The Bertz CT molecular complexity index is 388. The molecule has 1 fully saturated rings. The van der Waals surface area contributed by atoms with Crippen molar-refractivity contribution in [3.05, 3.63) is 17.5 Å². The van der Waals surface area contributed by atoms with Crippen LogP contribution >= 0.6 is 12.4 Å². The van der Waals surface area contributed by atoms with Gasteiger partial charge in [0.1, 0.15) is 0 Å². The summed E-state index contributed by atoms with van der Waals surface area (Å²) in [5.41, 5.74) is 1.73. The van der Waals surface area contributed by atoms with Crippen LogP contribution in [0.3, 0.4) is 0 Å². The van der Waals surface area contributed by atoms with Crippen molar-refractivity contribution >= 4 is 18.3 Å². The van der Waals surface area contributed by atoms with Gasteiger partial charge in [0.05, 0.1) is 12.2 Å². The number of rotatable bonds is 1. The van der Waals surface area contributed by atoms with Crippen molar-refractivity contribution in [1.82, 2.24) is 20.0 Å². The highest BCUT2D eigenvalue weighted by Gasteiger charge is 2.23. The van der Waals surface area contributed by atoms with Crippen molar-refractivity contribution in [1.29, 1.82) is 0 Å². The van der Waals surface area contributed by atoms with Gasteiger partial charge < -0.3 is 10.2 Å². The molecule has 6 heteroatoms. The molecule has 0 atom stereocenters. The van der Waals surface area contributed by atoms with Crippen molar-refractivity contribution in [2.24, 2.45) is 0 Å². The Hall–Kier alpha value is -1.07. The summed E-state index contributed by atoms with van der Waals surface area (Å²) in [6.07, 6.45) is 2.25. The van der Waals surface area contributed by atoms with E-state index in [1.165, 1.54) is 0 Å². The first-order chi connectivity index (χ1) is 7.84. The first-order valence-corrected chi connectivity index (χ1v) is 5.91. The summed E-state index contributed by atoms with van der Waals surface area (Å²) < 4.78 is 1.94. The monoisotopic (exact) mass is 256 g/mol. The fraction of sp³-hybridized carbons (Fsp3) is 0.636. The van der Waals surface area contributed by atoms with Gasteiger partial charge in [-0.05, 0) is 18.9 Å². The molecule has 17 heavy (non-hydrogen) atoms. The van der Waals surface area contributed by atoms with Gasteiger partial charge in [-0.25, -0.2) is 0 Å². The minimum Gasteiger partial charge on any atom is -0.337 e. The molecule has 0 radical (unpaired) electrons. The normalized spacial score (nSPS) is 18.7. The lowest BCUT2D eigenvalue weighted by molar-refractivity contribution is 0.0786. The van der Waals surface area contributed by atoms with Gasteiger partial charge in [0.15, 0.2) is 5.69 Å². The van der Waals surface area contributed by atoms with Crippen LogP contribution in [0.4, 0.5) is 0 Å². The van der Waals surface area contributed by atoms with E-state index in [1.807, 2.05) is 15.6 Å². The molecular formula is C11H17ClN4O. The summed E-state index contributed by atoms with van der Waals surface area (Å²) >= 11 is 0. The van der Waals surface area contributed by atoms with E-state index in [2.05, 4.69) is 10.4 Å². The van der Waals surface area contributed by atoms with Gasteiger partial charge in [-0.1, -0.05) is 0 Å². The van der Waals surface area contributed by atoms with Crippen LogP contribution in [0.15, 0.2) is 6.07 Å². The van der Waals surface area contributed by atoms with Crippen LogP contribution in [0.5, 0.6) is 0 Å². The zero-order chi connectivity index (χ0) is 11.0. The second-order valence-electron chi connectivity index (χ2n) is 4.42. The number of hydrogen-bond donors (Lipinski definition) is 1. The first kappa shape index (κ1) is 12.4. The molecule has 0 aliphatic carbocycles. The zero-order valence-electron chi connectivity index (χ0n) is 9.69. The molecule has 1 amide bonds. The topological polar surface area (TPSA) is 50.2 Å². The number of carbonyl (C=O) groups excluding carboxylic acids is 1. The molecule has 3 heterocycles. The van der Waals surface area contributed by atoms with Gasteiger partial charge in [-0.15, -0.1) is 12.4 Å². The average molecular weight is 257 g/mol. The molecule has 0 aromatic carbocycles. The number of hydrogen-bond acceptors (Lipinski definition) is 3. The molecule has 5 nitrogen and oxygen atoms in total. The SMILES string of the molecule is Cl.O=C(c1cc2n(n1)CCNC2)N1CCCC1. The maximum Gasteiger partial charge on any atom is 0.274 e. The smallest absolute Gasteiger partial charge is 0.274 e. The molecule has 0 saturated carbocycles. The molecular weight excluding hydrogens is 240 g/mol. The van der Waals surface area contributed by atoms with Crippen LogP contribution in [0.25, 0.3) is 0 Å². The third-order valence-corrected chi connectivity index (χ3v) is 3.28. The highest BCUT2D eigenvalue weighted by atomic mass is 35.5. The second-order valence-corrected chi connectivity index (χ2v) is 4.42. The van der Waals surface area contributed by atoms with Crippen molar-refractivity contribution in [2.75, 3.05) is 19.6 Å². The van der Waals surface area contributed by atoms with Crippen LogP contribution in [-0.2, 0) is 13.1 Å². The summed E-state index contributed by atoms with van der Waals surface area (Å²) in [6.45, 7) is 4.40. The largest absolute Gasteiger partial charge is 0.337 e. The Morgan fingerprint density at radius 1 is 1.29 bits per heavy atom. The van der Waals surface area contributed by atoms with Crippen LogP contribution in [0.1, 0.15) is 29.0 Å². The Kier molecular flexibility index (Phi) is 3.69. The number of amides is 1. The van der Waals surface area contributed by atoms with E-state index in [0.717, 1.165) is 51.3 Å². The maximum absolute atomic E-state index is 12.1. The molecule has 2 aliphatic heterocycles. The molecule has 94 valence electrons. The predicted molar refractivity (Wildman–Crippen MR) is 66.3 cm³/mol. The molecule has 1 saturated heterocycles. The molecule has 1 aromatic heterocycles. The van der Waals surface area contributed by atoms with Gasteiger partial charge in [-0.3, -0.25) is 9.48 Å². The van der Waals surface area contributed by atoms with Crippen LogP contribution in [0, 0.1) is 0 Å². The highest BCUT2D eigenvalue weighted by Crippen LogP contribution is 2.14. The van der Waals surface area contributed by atoms with Gasteiger partial charge in [-0.2, -0.15) is 5.10 Å². The Labute approximate surface area is 107 Å². The zero-order valence-corrected chi connectivity index (χ0v) is 10.5. The number of aromatic nitrogens is 2. The molecule has 0 unspecified atom stereocenters. The lowest BCUT2D eigenvalue weighted by atomic mass is 10.3. The van der Waals surface area contributed by atoms with Crippen LogP contribution in [0.2, 0.25) is 0 Å². The molecule has 3 rings (SSSR count). The van der Waals surface area contributed by atoms with Crippen LogP contribution < -0.4 is 5.32 Å². The summed E-state index contributed by atoms with van der Waals surface area (Å²) in [7, 11) is 0. The highest BCUT2D eigenvalue weighted by molar-refractivity contribution is 5.92. The second kappa shape index (κ2) is 5.06. The van der Waals surface area contributed by atoms with Crippen LogP contribution in [-0.4, -0.2) is 40.2 Å². The quantitative estimate of drug-likeness (QED) is 0.803. The minimum atomic E-state index is 0. The number of fused-ring (bicyclic) bond motifs is 1. The van der Waals surface area contributed by atoms with E-state index in [9.17, 15) is 4.79 Å². The molecule has 0 bridgehead atoms. The number of likely N-dealkylation sites (tertiary alicyclic amines) is 1. The fourth-order valence-electron chi connectivity index (χ4n) is 2.38. The summed E-state index contributed by atoms with van der Waals surface area (Å²) in [4.78, 5) is 14.0. The van der Waals surface area contributed by atoms with Crippen molar-refractivity contribution in [2.45, 2.75) is 25.9 Å². The number of nitrogens with one attached hydrogen (secondary N) is 1. The molecule has 1 N–H and O–H groups in total. The number of halogens is 1. The first-order valence-electron chi connectivity index (χ1n) is 5.91. The third kappa shape index (κ3) is 2.30. The summed E-state index contributed by atoms with van der Waals surface area (Å²) in [5.74, 6) is 0.0967. The van der Waals surface area contributed by atoms with Gasteiger partial charge in [0.2, 0.25) is 0 Å². The van der Waals surface area contributed by atoms with E-state index in [4.69, 9.17) is 0 Å². The van der Waals surface area contributed by atoms with E-state index in [-0.39, 0.29) is 18.3 Å². The fourth-order valence-corrected chi connectivity index (χ4v) is 2.38. The van der Waals surface area contributed by atoms with Gasteiger partial charge in [0, 0.05) is 26.2 Å². The van der Waals surface area contributed by atoms with Crippen molar-refractivity contribution in [3.63, 3.8) is 0 Å². The van der Waals surface area contributed by atoms with Gasteiger partial charge >= 0.3 is 0 Å². The molecule has 2 aliphatic rings. The minimum absolute atomic E-state index is 0. The van der Waals surface area contributed by atoms with E-state index >= 15 is 0 Å². The van der Waals surface area contributed by atoms with E-state index in [1.54, 1.807) is 0 Å². The predicted octanol–water partition coefficient (Wildman–Crippen LogP) is 0.644. The summed E-state index contributed by atoms with van der Waals surface area (Å²) in [6, 6.07) is 1.92. The van der Waals surface area contributed by atoms with Crippen molar-refractivity contribution in [3.8, 4) is 0 Å². The lowest BCUT2D eigenvalue weighted by Gasteiger charge is -2.14. The third-order valence-electron chi connectivity index (χ3n) is 3.28. The Morgan fingerprint density at radius 3 is 2.76 bits per heavy atom. The summed E-state index contributed by atoms with van der Waals surface area (Å²) in [5, 5.41) is 7.66. The van der Waals surface area contributed by atoms with Gasteiger partial charge in [0.25, 0.3) is 5.91 Å². The average Bonchev–Trinajstić information content (AvgIpc) is 2.97. The van der Waals surface area contributed by atoms with E-state index in [0.29, 0.717) is 5.69 Å². The molecule has 1 aromatic rings. The number of nitrogens with zero attached hydrogens (tertiary/aromatic N) is 3. The Morgan fingerprint density at radius 2 is 2.06 bits per heavy atom. The molecule has 0 spiro atoms. The van der Waals surface area contributed by atoms with Crippen molar-refractivity contribution < 1.29 is 4.79 Å². The lowest BCUT2D eigenvalue weighted by Crippen LogP contribution is -2.29.